The molecule has 0 saturated carbocycles. The van der Waals surface area contributed by atoms with Crippen LogP contribution in [-0.4, -0.2) is 64.6 Å². The van der Waals surface area contributed by atoms with Crippen LogP contribution >= 0.6 is 11.3 Å². The number of hydrogen-bond donors (Lipinski definition) is 2. The van der Waals surface area contributed by atoms with Crippen LogP contribution in [0.15, 0.2) is 11.0 Å². The average molecular weight is 524 g/mol. The Labute approximate surface area is 218 Å². The molecule has 2 fully saturated rings. The van der Waals surface area contributed by atoms with E-state index in [1.54, 1.807) is 27.9 Å². The highest BCUT2D eigenvalue weighted by atomic mass is 32.1. The molecule has 0 amide bonds. The Morgan fingerprint density at radius 3 is 2.67 bits per heavy atom. The van der Waals surface area contributed by atoms with Crippen molar-refractivity contribution < 1.29 is 34.0 Å². The maximum atomic E-state index is 13.2. The zero-order valence-corrected chi connectivity index (χ0v) is 23.0. The number of epoxide rings is 1. The zero-order valence-electron chi connectivity index (χ0n) is 22.2. The number of aliphatic hydroxyl groups is 2. The van der Waals surface area contributed by atoms with Gasteiger partial charge in [0, 0.05) is 24.8 Å². The molecule has 9 heteroatoms. The Bertz CT molecular complexity index is 942. The Kier molecular flexibility index (Phi) is 9.85. The van der Waals surface area contributed by atoms with Crippen molar-refractivity contribution >= 4 is 29.2 Å². The number of carbonyl (C=O) groups excluding carboxylic acids is 2. The maximum absolute atomic E-state index is 13.2. The molecule has 2 N–H and O–H groups in total. The molecule has 0 bridgehead atoms. The summed E-state index contributed by atoms with van der Waals surface area (Å²) in [5.41, 5.74) is 0.400. The Hall–Kier alpha value is -1.65. The van der Waals surface area contributed by atoms with Gasteiger partial charge in [-0.05, 0) is 37.3 Å². The number of aromatic nitrogens is 1. The Morgan fingerprint density at radius 2 is 1.97 bits per heavy atom. The van der Waals surface area contributed by atoms with Gasteiger partial charge in [0.2, 0.25) is 0 Å². The first-order chi connectivity index (χ1) is 16.9. The van der Waals surface area contributed by atoms with Gasteiger partial charge in [-0.1, -0.05) is 34.1 Å². The van der Waals surface area contributed by atoms with Gasteiger partial charge in [-0.15, -0.1) is 11.3 Å². The molecule has 2 aliphatic heterocycles. The van der Waals surface area contributed by atoms with Gasteiger partial charge in [0.15, 0.2) is 0 Å². The topological polar surface area (TPSA) is 118 Å². The predicted octanol–water partition coefficient (Wildman–Crippen LogP) is 3.93. The average Bonchev–Trinajstić information content (AvgIpc) is 3.41. The lowest BCUT2D eigenvalue weighted by Gasteiger charge is -2.34. The fraction of sp³-hybridized carbons (Fsp3) is 0.741. The molecule has 1 aromatic heterocycles. The second kappa shape index (κ2) is 12.3. The minimum absolute atomic E-state index is 0.0133. The highest BCUT2D eigenvalue weighted by molar-refractivity contribution is 7.09. The van der Waals surface area contributed by atoms with Crippen LogP contribution in [-0.2, 0) is 30.4 Å². The second-order valence-electron chi connectivity index (χ2n) is 10.9. The van der Waals surface area contributed by atoms with Gasteiger partial charge in [-0.3, -0.25) is 9.59 Å². The standard InChI is InChI=1S/C27H41NO7S/c1-15-8-7-9-19-21(34-19)11-20(16(2)10-18-14-36-23(28-18)13-33-6)35-24(30)12-22(29)27(4,5)26(32)17(3)25(15)31/h10,14-15,17,19-22,25,29,31H,7-9,11-13H2,1-6H3/t15-,17+,19+,20-,21+,22-,25-/m1/s1. The van der Waals surface area contributed by atoms with Gasteiger partial charge < -0.3 is 24.4 Å². The van der Waals surface area contributed by atoms with E-state index in [1.807, 2.05) is 25.3 Å². The Morgan fingerprint density at radius 1 is 1.25 bits per heavy atom. The number of ether oxygens (including phenoxy) is 3. The highest BCUT2D eigenvalue weighted by Gasteiger charge is 2.44. The number of thiazole rings is 1. The van der Waals surface area contributed by atoms with Gasteiger partial charge in [-0.2, -0.15) is 0 Å². The van der Waals surface area contributed by atoms with Gasteiger partial charge >= 0.3 is 5.97 Å². The van der Waals surface area contributed by atoms with Crippen molar-refractivity contribution in [2.75, 3.05) is 7.11 Å². The number of cyclic esters (lactones) is 1. The molecule has 0 spiro atoms. The molecule has 1 aromatic rings. The van der Waals surface area contributed by atoms with Crippen LogP contribution in [0.1, 0.15) is 77.4 Å². The van der Waals surface area contributed by atoms with Crippen LogP contribution in [0.4, 0.5) is 0 Å². The quantitative estimate of drug-likeness (QED) is 0.450. The van der Waals surface area contributed by atoms with Crippen molar-refractivity contribution in [2.24, 2.45) is 17.3 Å². The third kappa shape index (κ3) is 7.22. The number of hydrogen-bond acceptors (Lipinski definition) is 9. The second-order valence-corrected chi connectivity index (χ2v) is 11.9. The molecule has 0 aliphatic carbocycles. The number of fused-ring (bicyclic) bond motifs is 1. The molecule has 202 valence electrons. The van der Waals surface area contributed by atoms with Crippen molar-refractivity contribution in [3.63, 3.8) is 0 Å². The fourth-order valence-corrected chi connectivity index (χ4v) is 5.64. The maximum Gasteiger partial charge on any atom is 0.309 e. The van der Waals surface area contributed by atoms with Crippen LogP contribution in [0.3, 0.4) is 0 Å². The fourth-order valence-electron chi connectivity index (χ4n) is 4.92. The number of Topliss-reactive ketones (excluding diaryl/α,β-unsaturated/α-hetero) is 1. The lowest BCUT2D eigenvalue weighted by atomic mass is 9.73. The van der Waals surface area contributed by atoms with Crippen LogP contribution in [0.25, 0.3) is 6.08 Å². The van der Waals surface area contributed by atoms with E-state index in [-0.39, 0.29) is 30.3 Å². The SMILES string of the molecule is COCc1nc(C=C(C)[C@H]2C[C@@H]3O[C@H]3CCC[C@@H](C)[C@@H](O)[C@H](C)C(=O)C(C)(C)[C@H](O)CC(=O)O2)cs1. The van der Waals surface area contributed by atoms with E-state index in [1.165, 1.54) is 11.3 Å². The summed E-state index contributed by atoms with van der Waals surface area (Å²) in [4.78, 5) is 30.6. The molecule has 0 aromatic carbocycles. The van der Waals surface area contributed by atoms with E-state index in [4.69, 9.17) is 14.2 Å². The smallest absolute Gasteiger partial charge is 0.309 e. The number of methoxy groups -OCH3 is 1. The van der Waals surface area contributed by atoms with Gasteiger partial charge in [0.05, 0.1) is 48.6 Å². The van der Waals surface area contributed by atoms with Crippen molar-refractivity contribution in [3.8, 4) is 0 Å². The predicted molar refractivity (Wildman–Crippen MR) is 137 cm³/mol. The van der Waals surface area contributed by atoms with Crippen LogP contribution in [0.2, 0.25) is 0 Å². The van der Waals surface area contributed by atoms with Crippen molar-refractivity contribution in [1.29, 1.82) is 0 Å². The lowest BCUT2D eigenvalue weighted by Crippen LogP contribution is -2.45. The third-order valence-corrected chi connectivity index (χ3v) is 8.45. The first kappa shape index (κ1) is 28.9. The zero-order chi connectivity index (χ0) is 26.6. The number of ketones is 1. The van der Waals surface area contributed by atoms with E-state index in [2.05, 4.69) is 4.98 Å². The normalized spacial score (nSPS) is 34.7. The van der Waals surface area contributed by atoms with Gasteiger partial charge in [-0.25, -0.2) is 4.98 Å². The lowest BCUT2D eigenvalue weighted by molar-refractivity contribution is -0.154. The molecule has 2 saturated heterocycles. The molecule has 8 nitrogen and oxygen atoms in total. The molecule has 0 radical (unpaired) electrons. The first-order valence-corrected chi connectivity index (χ1v) is 13.7. The van der Waals surface area contributed by atoms with Crippen LogP contribution in [0.5, 0.6) is 0 Å². The summed E-state index contributed by atoms with van der Waals surface area (Å²) in [6, 6.07) is 0. The van der Waals surface area contributed by atoms with Crippen molar-refractivity contribution in [1.82, 2.24) is 4.98 Å². The minimum Gasteiger partial charge on any atom is -0.458 e. The van der Waals surface area contributed by atoms with Gasteiger partial charge in [0.1, 0.15) is 16.9 Å². The summed E-state index contributed by atoms with van der Waals surface area (Å²) < 4.78 is 16.9. The molecular weight excluding hydrogens is 482 g/mol. The van der Waals surface area contributed by atoms with E-state index < -0.39 is 35.6 Å². The van der Waals surface area contributed by atoms with E-state index in [9.17, 15) is 19.8 Å². The number of aliphatic hydroxyl groups excluding tert-OH is 2. The number of rotatable bonds is 4. The van der Waals surface area contributed by atoms with Crippen molar-refractivity contribution in [2.45, 2.75) is 104 Å². The van der Waals surface area contributed by atoms with E-state index >= 15 is 0 Å². The van der Waals surface area contributed by atoms with E-state index in [0.717, 1.165) is 35.5 Å². The number of esters is 1. The molecule has 0 unspecified atom stereocenters. The van der Waals surface area contributed by atoms with Crippen LogP contribution < -0.4 is 0 Å². The summed E-state index contributed by atoms with van der Waals surface area (Å²) in [7, 11) is 1.62. The summed E-state index contributed by atoms with van der Waals surface area (Å²) in [5, 5.41) is 24.4. The third-order valence-electron chi connectivity index (χ3n) is 7.61. The molecule has 36 heavy (non-hydrogen) atoms. The molecule has 7 atom stereocenters. The van der Waals surface area contributed by atoms with Gasteiger partial charge in [0.25, 0.3) is 0 Å². The molecular formula is C27H41NO7S. The largest absolute Gasteiger partial charge is 0.458 e. The summed E-state index contributed by atoms with van der Waals surface area (Å²) >= 11 is 1.50. The summed E-state index contributed by atoms with van der Waals surface area (Å²) in [6.45, 7) is 9.22. The first-order valence-electron chi connectivity index (χ1n) is 12.8. The summed E-state index contributed by atoms with van der Waals surface area (Å²) in [5.74, 6) is -1.56. The molecule has 2 aliphatic rings. The highest BCUT2D eigenvalue weighted by Crippen LogP contribution is 2.36. The minimum atomic E-state index is -1.24. The monoisotopic (exact) mass is 523 g/mol. The van der Waals surface area contributed by atoms with Crippen molar-refractivity contribution in [3.05, 3.63) is 21.7 Å². The van der Waals surface area contributed by atoms with Crippen LogP contribution in [0, 0.1) is 17.3 Å². The number of nitrogens with zero attached hydrogens (tertiary/aromatic N) is 1. The molecule has 3 rings (SSSR count). The van der Waals surface area contributed by atoms with E-state index in [0.29, 0.717) is 13.0 Å². The Balaban J connectivity index is 1.80. The summed E-state index contributed by atoms with van der Waals surface area (Å²) in [6.07, 6.45) is 2.10. The molecule has 3 heterocycles. The number of carbonyl (C=O) groups is 2.